The van der Waals surface area contributed by atoms with E-state index in [1.54, 1.807) is 30.3 Å². The monoisotopic (exact) mass is 259 g/mol. The molecule has 0 aliphatic rings. The molecule has 98 valence electrons. The van der Waals surface area contributed by atoms with Crippen molar-refractivity contribution >= 4 is 5.69 Å². The molecule has 0 aromatic heterocycles. The van der Waals surface area contributed by atoms with Gasteiger partial charge in [-0.2, -0.15) is 0 Å². The first-order valence-corrected chi connectivity index (χ1v) is 5.69. The molecule has 2 aromatic carbocycles. The molecule has 0 amide bonds. The van der Waals surface area contributed by atoms with Crippen molar-refractivity contribution in [3.05, 3.63) is 69.8 Å². The van der Waals surface area contributed by atoms with Gasteiger partial charge in [-0.1, -0.05) is 36.4 Å². The number of hydrogen-bond donors (Lipinski definition) is 1. The highest BCUT2D eigenvalue weighted by Crippen LogP contribution is 2.31. The fourth-order valence-electron chi connectivity index (χ4n) is 1.85. The Hall–Kier alpha value is -2.40. The fourth-order valence-corrected chi connectivity index (χ4v) is 1.85. The molecule has 0 aliphatic heterocycles. The SMILES string of the molecule is COc1ccc([C@H](O)c2ccccc2)cc1[N+](=O)[O-]. The van der Waals surface area contributed by atoms with Crippen molar-refractivity contribution in [1.82, 2.24) is 0 Å². The minimum Gasteiger partial charge on any atom is -0.490 e. The maximum atomic E-state index is 10.9. The van der Waals surface area contributed by atoms with Gasteiger partial charge in [-0.3, -0.25) is 10.1 Å². The number of hydrogen-bond acceptors (Lipinski definition) is 4. The van der Waals surface area contributed by atoms with Crippen molar-refractivity contribution in [2.75, 3.05) is 7.11 Å². The summed E-state index contributed by atoms with van der Waals surface area (Å²) in [6.45, 7) is 0. The van der Waals surface area contributed by atoms with Gasteiger partial charge in [0, 0.05) is 6.07 Å². The number of rotatable bonds is 4. The van der Waals surface area contributed by atoms with E-state index in [1.807, 2.05) is 6.07 Å². The number of ether oxygens (including phenoxy) is 1. The van der Waals surface area contributed by atoms with Gasteiger partial charge in [0.2, 0.25) is 0 Å². The molecule has 19 heavy (non-hydrogen) atoms. The minimum atomic E-state index is -0.897. The highest BCUT2D eigenvalue weighted by molar-refractivity contribution is 5.50. The number of nitro groups is 1. The fraction of sp³-hybridized carbons (Fsp3) is 0.143. The highest BCUT2D eigenvalue weighted by Gasteiger charge is 2.19. The molecule has 0 fully saturated rings. The normalized spacial score (nSPS) is 11.9. The number of nitro benzene ring substituents is 1. The Labute approximate surface area is 110 Å². The predicted octanol–water partition coefficient (Wildman–Crippen LogP) is 2.69. The standard InChI is InChI=1S/C14H13NO4/c1-19-13-8-7-11(9-12(13)15(17)18)14(16)10-5-3-2-4-6-10/h2-9,14,16H,1H3/t14-/m1/s1. The first kappa shape index (κ1) is 13.0. The lowest BCUT2D eigenvalue weighted by Crippen LogP contribution is -2.01. The molecule has 0 radical (unpaired) electrons. The number of aliphatic hydroxyl groups excluding tert-OH is 1. The molecule has 5 nitrogen and oxygen atoms in total. The van der Waals surface area contributed by atoms with Crippen molar-refractivity contribution in [2.45, 2.75) is 6.10 Å². The van der Waals surface area contributed by atoms with Crippen LogP contribution >= 0.6 is 0 Å². The topological polar surface area (TPSA) is 72.6 Å². The Morgan fingerprint density at radius 2 is 1.84 bits per heavy atom. The summed E-state index contributed by atoms with van der Waals surface area (Å²) < 4.78 is 4.92. The van der Waals surface area contributed by atoms with Crippen molar-refractivity contribution in [3.63, 3.8) is 0 Å². The van der Waals surface area contributed by atoms with E-state index < -0.39 is 11.0 Å². The Balaban J connectivity index is 2.41. The average molecular weight is 259 g/mol. The minimum absolute atomic E-state index is 0.157. The molecule has 0 heterocycles. The van der Waals surface area contributed by atoms with Crippen LogP contribution in [0.1, 0.15) is 17.2 Å². The third-order valence-electron chi connectivity index (χ3n) is 2.83. The summed E-state index contributed by atoms with van der Waals surface area (Å²) in [5, 5.41) is 21.1. The zero-order valence-electron chi connectivity index (χ0n) is 10.3. The van der Waals surface area contributed by atoms with E-state index in [9.17, 15) is 15.2 Å². The molecular weight excluding hydrogens is 246 g/mol. The van der Waals surface area contributed by atoms with E-state index in [1.165, 1.54) is 19.2 Å². The molecule has 0 saturated heterocycles. The van der Waals surface area contributed by atoms with E-state index >= 15 is 0 Å². The highest BCUT2D eigenvalue weighted by atomic mass is 16.6. The molecule has 1 atom stereocenters. The molecule has 1 N–H and O–H groups in total. The molecule has 2 rings (SSSR count). The van der Waals surface area contributed by atoms with Crippen LogP contribution in [-0.2, 0) is 0 Å². The van der Waals surface area contributed by atoms with Gasteiger partial charge in [0.1, 0.15) is 6.10 Å². The van der Waals surface area contributed by atoms with Crippen molar-refractivity contribution < 1.29 is 14.8 Å². The summed E-state index contributed by atoms with van der Waals surface area (Å²) in [4.78, 5) is 10.4. The lowest BCUT2D eigenvalue weighted by atomic mass is 10.0. The largest absolute Gasteiger partial charge is 0.490 e. The van der Waals surface area contributed by atoms with Crippen LogP contribution in [0, 0.1) is 10.1 Å². The van der Waals surface area contributed by atoms with Crippen LogP contribution in [0.15, 0.2) is 48.5 Å². The Kier molecular flexibility index (Phi) is 3.77. The number of aliphatic hydroxyl groups is 1. The smallest absolute Gasteiger partial charge is 0.311 e. The van der Waals surface area contributed by atoms with Crippen LogP contribution in [0.25, 0.3) is 0 Å². The van der Waals surface area contributed by atoms with E-state index in [2.05, 4.69) is 0 Å². The molecule has 5 heteroatoms. The Morgan fingerprint density at radius 1 is 1.16 bits per heavy atom. The second kappa shape index (κ2) is 5.49. The molecule has 2 aromatic rings. The first-order valence-electron chi connectivity index (χ1n) is 5.69. The van der Waals surface area contributed by atoms with E-state index in [4.69, 9.17) is 4.74 Å². The lowest BCUT2D eigenvalue weighted by molar-refractivity contribution is -0.385. The molecule has 0 bridgehead atoms. The van der Waals surface area contributed by atoms with Gasteiger partial charge < -0.3 is 9.84 Å². The van der Waals surface area contributed by atoms with Crippen LogP contribution in [-0.4, -0.2) is 17.1 Å². The second-order valence-electron chi connectivity index (χ2n) is 4.00. The van der Waals surface area contributed by atoms with Crippen molar-refractivity contribution in [1.29, 1.82) is 0 Å². The zero-order valence-corrected chi connectivity index (χ0v) is 10.3. The average Bonchev–Trinajstić information content (AvgIpc) is 2.46. The lowest BCUT2D eigenvalue weighted by Gasteiger charge is -2.12. The molecule has 0 aliphatic carbocycles. The first-order chi connectivity index (χ1) is 9.13. The van der Waals surface area contributed by atoms with Gasteiger partial charge in [-0.05, 0) is 17.2 Å². The van der Waals surface area contributed by atoms with Crippen molar-refractivity contribution in [2.24, 2.45) is 0 Å². The maximum Gasteiger partial charge on any atom is 0.311 e. The van der Waals surface area contributed by atoms with Gasteiger partial charge in [-0.25, -0.2) is 0 Å². The zero-order chi connectivity index (χ0) is 13.8. The van der Waals surface area contributed by atoms with Gasteiger partial charge in [0.05, 0.1) is 12.0 Å². The third kappa shape index (κ3) is 2.71. The van der Waals surface area contributed by atoms with Gasteiger partial charge in [0.25, 0.3) is 0 Å². The Bertz CT molecular complexity index is 583. The summed E-state index contributed by atoms with van der Waals surface area (Å²) in [6, 6.07) is 13.4. The Morgan fingerprint density at radius 3 is 2.42 bits per heavy atom. The number of nitrogens with zero attached hydrogens (tertiary/aromatic N) is 1. The van der Waals surface area contributed by atoms with Crippen LogP contribution in [0.2, 0.25) is 0 Å². The van der Waals surface area contributed by atoms with Gasteiger partial charge in [-0.15, -0.1) is 0 Å². The molecular formula is C14H13NO4. The van der Waals surface area contributed by atoms with Crippen LogP contribution in [0.3, 0.4) is 0 Å². The van der Waals surface area contributed by atoms with E-state index in [0.29, 0.717) is 11.1 Å². The van der Waals surface area contributed by atoms with Gasteiger partial charge >= 0.3 is 5.69 Å². The van der Waals surface area contributed by atoms with Crippen LogP contribution in [0.5, 0.6) is 5.75 Å². The third-order valence-corrected chi connectivity index (χ3v) is 2.83. The van der Waals surface area contributed by atoms with Gasteiger partial charge in [0.15, 0.2) is 5.75 Å². The van der Waals surface area contributed by atoms with E-state index in [0.717, 1.165) is 0 Å². The second-order valence-corrected chi connectivity index (χ2v) is 4.00. The number of methoxy groups -OCH3 is 1. The summed E-state index contributed by atoms with van der Waals surface area (Å²) >= 11 is 0. The number of benzene rings is 2. The molecule has 0 unspecified atom stereocenters. The van der Waals surface area contributed by atoms with Crippen molar-refractivity contribution in [3.8, 4) is 5.75 Å². The van der Waals surface area contributed by atoms with E-state index in [-0.39, 0.29) is 11.4 Å². The summed E-state index contributed by atoms with van der Waals surface area (Å²) in [7, 11) is 1.37. The quantitative estimate of drug-likeness (QED) is 0.676. The molecule has 0 saturated carbocycles. The summed E-state index contributed by atoms with van der Waals surface area (Å²) in [5.74, 6) is 0.175. The predicted molar refractivity (Wildman–Crippen MR) is 70.2 cm³/mol. The van der Waals surface area contributed by atoms with Crippen LogP contribution in [0.4, 0.5) is 5.69 Å². The van der Waals surface area contributed by atoms with Crippen LogP contribution < -0.4 is 4.74 Å². The maximum absolute atomic E-state index is 10.9. The summed E-state index contributed by atoms with van der Waals surface area (Å²) in [5.41, 5.74) is 0.982. The molecule has 0 spiro atoms. The summed E-state index contributed by atoms with van der Waals surface area (Å²) in [6.07, 6.45) is -0.897.